The maximum atomic E-state index is 14.0. The second-order valence-corrected chi connectivity index (χ2v) is 5.76. The van der Waals surface area contributed by atoms with E-state index in [2.05, 4.69) is 20.9 Å². The molecule has 1 aromatic rings. The minimum atomic E-state index is -1.50. The molecule has 1 unspecified atom stereocenters. The predicted molar refractivity (Wildman–Crippen MR) is 80.0 cm³/mol. The molecular weight excluding hydrogens is 379 g/mol. The van der Waals surface area contributed by atoms with E-state index in [9.17, 15) is 22.8 Å². The van der Waals surface area contributed by atoms with Crippen molar-refractivity contribution in [2.75, 3.05) is 6.61 Å². The number of ether oxygens (including phenoxy) is 1. The number of carbonyl (C=O) groups is 2. The number of Topliss-reactive ketones (excluding diaryl/α,β-unsaturated/α-hetero) is 1. The lowest BCUT2D eigenvalue weighted by atomic mass is 9.98. The van der Waals surface area contributed by atoms with Crippen LogP contribution < -0.4 is 0 Å². The zero-order valence-corrected chi connectivity index (χ0v) is 13.7. The fraction of sp³-hybridized carbons (Fsp3) is 0.400. The van der Waals surface area contributed by atoms with E-state index in [0.29, 0.717) is 6.07 Å². The number of hydrogen-bond acceptors (Lipinski definition) is 4. The van der Waals surface area contributed by atoms with Crippen molar-refractivity contribution in [3.8, 4) is 0 Å². The van der Waals surface area contributed by atoms with Gasteiger partial charge in [-0.05, 0) is 41.8 Å². The van der Waals surface area contributed by atoms with E-state index in [1.807, 2.05) is 0 Å². The summed E-state index contributed by atoms with van der Waals surface area (Å²) < 4.78 is 44.7. The number of rotatable bonds is 6. The highest BCUT2D eigenvalue weighted by molar-refractivity contribution is 9.10. The third-order valence-corrected chi connectivity index (χ3v) is 3.88. The molecule has 0 bridgehead atoms. The average Bonchev–Trinajstić information content (AvgIpc) is 3.33. The molecule has 0 saturated heterocycles. The number of benzene rings is 1. The van der Waals surface area contributed by atoms with E-state index < -0.39 is 45.2 Å². The summed E-state index contributed by atoms with van der Waals surface area (Å²) in [6.07, 6.45) is 2.77. The molecule has 1 atom stereocenters. The van der Waals surface area contributed by atoms with Gasteiger partial charge in [0.25, 0.3) is 0 Å². The fourth-order valence-electron chi connectivity index (χ4n) is 1.82. The van der Waals surface area contributed by atoms with E-state index in [0.717, 1.165) is 19.1 Å². The number of hydrogen-bond donors (Lipinski definition) is 0. The molecule has 0 amide bonds. The number of esters is 1. The van der Waals surface area contributed by atoms with Crippen LogP contribution in [0.2, 0.25) is 0 Å². The summed E-state index contributed by atoms with van der Waals surface area (Å²) in [7, 11) is 0. The molecule has 0 N–H and O–H groups in total. The van der Waals surface area contributed by atoms with Crippen LogP contribution in [0.1, 0.15) is 30.1 Å². The molecule has 4 nitrogen and oxygen atoms in total. The van der Waals surface area contributed by atoms with Crippen LogP contribution >= 0.6 is 15.9 Å². The van der Waals surface area contributed by atoms with Crippen LogP contribution in [-0.4, -0.2) is 30.6 Å². The lowest BCUT2D eigenvalue weighted by Crippen LogP contribution is -2.29. The molecule has 23 heavy (non-hydrogen) atoms. The van der Waals surface area contributed by atoms with Gasteiger partial charge in [-0.2, -0.15) is 0 Å². The van der Waals surface area contributed by atoms with E-state index in [1.165, 1.54) is 0 Å². The third kappa shape index (κ3) is 3.99. The van der Waals surface area contributed by atoms with E-state index in [1.54, 1.807) is 6.92 Å². The smallest absolute Gasteiger partial charge is 0.322 e. The zero-order valence-electron chi connectivity index (χ0n) is 12.1. The van der Waals surface area contributed by atoms with Crippen molar-refractivity contribution in [1.82, 2.24) is 0 Å². The highest BCUT2D eigenvalue weighted by Crippen LogP contribution is 2.27. The van der Waals surface area contributed by atoms with Crippen molar-refractivity contribution in [1.29, 1.82) is 0 Å². The van der Waals surface area contributed by atoms with Crippen LogP contribution in [0.4, 0.5) is 13.2 Å². The largest absolute Gasteiger partial charge is 0.465 e. The van der Waals surface area contributed by atoms with Gasteiger partial charge in [0.2, 0.25) is 0 Å². The maximum Gasteiger partial charge on any atom is 0.322 e. The predicted octanol–water partition coefficient (Wildman–Crippen LogP) is 3.46. The van der Waals surface area contributed by atoms with Crippen LogP contribution in [0.5, 0.6) is 0 Å². The highest BCUT2D eigenvalue weighted by atomic mass is 79.9. The average molecular weight is 392 g/mol. The Morgan fingerprint density at radius 3 is 2.61 bits per heavy atom. The Balaban J connectivity index is 2.38. The third-order valence-electron chi connectivity index (χ3n) is 3.18. The summed E-state index contributed by atoms with van der Waals surface area (Å²) in [6, 6.07) is 0.454. The SMILES string of the molecule is CCOC(=O)C(C=NC1CC1)C(=O)c1cc(F)c(F)c(Br)c1F. The normalized spacial score (nSPS) is 15.7. The molecule has 0 heterocycles. The van der Waals surface area contributed by atoms with Gasteiger partial charge in [0.05, 0.1) is 16.6 Å². The van der Waals surface area contributed by atoms with Crippen molar-refractivity contribution in [2.24, 2.45) is 10.9 Å². The number of halogens is 4. The van der Waals surface area contributed by atoms with E-state index in [4.69, 9.17) is 4.74 Å². The molecule has 1 aliphatic rings. The van der Waals surface area contributed by atoms with E-state index in [-0.39, 0.29) is 12.6 Å². The first-order valence-corrected chi connectivity index (χ1v) is 7.73. The molecular formula is C15H13BrF3NO3. The molecule has 0 aromatic heterocycles. The molecule has 2 rings (SSSR count). The quantitative estimate of drug-likeness (QED) is 0.186. The summed E-state index contributed by atoms with van der Waals surface area (Å²) in [5.41, 5.74) is -0.740. The summed E-state index contributed by atoms with van der Waals surface area (Å²) in [6.45, 7) is 1.57. The van der Waals surface area contributed by atoms with Gasteiger partial charge in [0.1, 0.15) is 0 Å². The Morgan fingerprint density at radius 2 is 2.04 bits per heavy atom. The molecule has 0 radical (unpaired) electrons. The summed E-state index contributed by atoms with van der Waals surface area (Å²) in [4.78, 5) is 28.3. The van der Waals surface area contributed by atoms with Crippen LogP contribution in [0.15, 0.2) is 15.5 Å². The summed E-state index contributed by atoms with van der Waals surface area (Å²) in [5, 5.41) is 0. The Labute approximate surface area is 138 Å². The number of ketones is 1. The van der Waals surface area contributed by atoms with Gasteiger partial charge in [-0.15, -0.1) is 0 Å². The minimum absolute atomic E-state index is 0.0177. The Morgan fingerprint density at radius 1 is 1.39 bits per heavy atom. The monoisotopic (exact) mass is 391 g/mol. The molecule has 1 fully saturated rings. The van der Waals surface area contributed by atoms with Gasteiger partial charge in [0, 0.05) is 12.3 Å². The number of carbonyl (C=O) groups excluding carboxylic acids is 2. The summed E-state index contributed by atoms with van der Waals surface area (Å²) in [5.74, 6) is -7.57. The highest BCUT2D eigenvalue weighted by Gasteiger charge is 2.32. The Hall–Kier alpha value is -1.70. The molecule has 0 aliphatic heterocycles. The molecule has 0 spiro atoms. The van der Waals surface area contributed by atoms with Crippen molar-refractivity contribution in [3.63, 3.8) is 0 Å². The molecule has 1 aromatic carbocycles. The van der Waals surface area contributed by atoms with Gasteiger partial charge >= 0.3 is 5.97 Å². The zero-order chi connectivity index (χ0) is 17.1. The first kappa shape index (κ1) is 17.7. The van der Waals surface area contributed by atoms with Gasteiger partial charge in [-0.25, -0.2) is 13.2 Å². The van der Waals surface area contributed by atoms with Crippen molar-refractivity contribution >= 4 is 33.9 Å². The molecule has 1 saturated carbocycles. The topological polar surface area (TPSA) is 55.7 Å². The Kier molecular flexibility index (Phi) is 5.56. The first-order chi connectivity index (χ1) is 10.9. The van der Waals surface area contributed by atoms with Gasteiger partial charge < -0.3 is 4.74 Å². The van der Waals surface area contributed by atoms with Gasteiger partial charge in [0.15, 0.2) is 29.2 Å². The number of aliphatic imine (C=N–C) groups is 1. The van der Waals surface area contributed by atoms with Gasteiger partial charge in [-0.3, -0.25) is 14.6 Å². The van der Waals surface area contributed by atoms with Crippen LogP contribution in [0.3, 0.4) is 0 Å². The Bertz CT molecular complexity index is 674. The first-order valence-electron chi connectivity index (χ1n) is 6.94. The van der Waals surface area contributed by atoms with Crippen molar-refractivity contribution in [2.45, 2.75) is 25.8 Å². The molecule has 8 heteroatoms. The number of nitrogens with zero attached hydrogens (tertiary/aromatic N) is 1. The van der Waals surface area contributed by atoms with Gasteiger partial charge in [-0.1, -0.05) is 0 Å². The van der Waals surface area contributed by atoms with Crippen LogP contribution in [0, 0.1) is 23.4 Å². The lowest BCUT2D eigenvalue weighted by molar-refractivity contribution is -0.143. The van der Waals surface area contributed by atoms with Crippen molar-refractivity contribution in [3.05, 3.63) is 33.6 Å². The second-order valence-electron chi connectivity index (χ2n) is 4.97. The van der Waals surface area contributed by atoms with Crippen LogP contribution in [0.25, 0.3) is 0 Å². The standard InChI is InChI=1S/C15H13BrF3NO3/c1-2-23-15(22)9(6-20-7-3-4-7)14(21)8-5-10(17)13(19)11(16)12(8)18/h5-7,9H,2-4H2,1H3. The van der Waals surface area contributed by atoms with E-state index >= 15 is 0 Å². The van der Waals surface area contributed by atoms with Crippen molar-refractivity contribution < 1.29 is 27.5 Å². The van der Waals surface area contributed by atoms with Crippen LogP contribution in [-0.2, 0) is 9.53 Å². The fourth-order valence-corrected chi connectivity index (χ4v) is 2.22. The molecule has 124 valence electrons. The lowest BCUT2D eigenvalue weighted by Gasteiger charge is -2.12. The maximum absolute atomic E-state index is 14.0. The molecule has 1 aliphatic carbocycles. The minimum Gasteiger partial charge on any atom is -0.465 e. The second kappa shape index (κ2) is 7.25. The summed E-state index contributed by atoms with van der Waals surface area (Å²) >= 11 is 2.55.